The van der Waals surface area contributed by atoms with E-state index in [0.717, 1.165) is 27.8 Å². The predicted molar refractivity (Wildman–Crippen MR) is 158 cm³/mol. The molecule has 2 amide bonds. The Bertz CT molecular complexity index is 1760. The molecule has 0 unspecified atom stereocenters. The van der Waals surface area contributed by atoms with Gasteiger partial charge in [-0.2, -0.15) is 5.26 Å². The molecule has 0 radical (unpaired) electrons. The van der Waals surface area contributed by atoms with Crippen LogP contribution in [0, 0.1) is 18.3 Å². The fourth-order valence-electron chi connectivity index (χ4n) is 4.50. The van der Waals surface area contributed by atoms with E-state index < -0.39 is 5.91 Å². The molecule has 0 atom stereocenters. The first-order chi connectivity index (χ1) is 19.9. The van der Waals surface area contributed by atoms with E-state index in [0.29, 0.717) is 40.3 Å². The summed E-state index contributed by atoms with van der Waals surface area (Å²) in [4.78, 5) is 29.4. The highest BCUT2D eigenvalue weighted by Gasteiger charge is 2.18. The highest BCUT2D eigenvalue weighted by Crippen LogP contribution is 2.33. The van der Waals surface area contributed by atoms with Crippen molar-refractivity contribution in [3.63, 3.8) is 0 Å². The molecule has 0 bridgehead atoms. The van der Waals surface area contributed by atoms with Crippen LogP contribution < -0.4 is 15.8 Å². The lowest BCUT2D eigenvalue weighted by Gasteiger charge is -2.16. The Hall–Kier alpha value is -5.74. The lowest BCUT2D eigenvalue weighted by Crippen LogP contribution is -2.14. The van der Waals surface area contributed by atoms with Crippen molar-refractivity contribution in [2.24, 2.45) is 5.73 Å². The summed E-state index contributed by atoms with van der Waals surface area (Å²) in [6.45, 7) is 2.35. The van der Waals surface area contributed by atoms with Gasteiger partial charge in [0.2, 0.25) is 5.91 Å². The molecule has 0 aliphatic rings. The number of anilines is 1. The van der Waals surface area contributed by atoms with Gasteiger partial charge >= 0.3 is 0 Å². The first-order valence-electron chi connectivity index (χ1n) is 12.9. The van der Waals surface area contributed by atoms with Crippen molar-refractivity contribution in [1.29, 1.82) is 5.26 Å². The fraction of sp³-hybridized carbons (Fsp3) is 0.0588. The topological polar surface area (TPSA) is 118 Å². The minimum absolute atomic E-state index is 0.304. The molecule has 1 aromatic heterocycles. The zero-order valence-electron chi connectivity index (χ0n) is 22.3. The lowest BCUT2D eigenvalue weighted by molar-refractivity contribution is 0.0997. The quantitative estimate of drug-likeness (QED) is 0.233. The van der Waals surface area contributed by atoms with Gasteiger partial charge in [0.25, 0.3) is 5.91 Å². The summed E-state index contributed by atoms with van der Waals surface area (Å²) in [6, 6.07) is 31.0. The number of carbonyl (C=O) groups is 2. The third-order valence-corrected chi connectivity index (χ3v) is 6.63. The summed E-state index contributed by atoms with van der Waals surface area (Å²) < 4.78 is 5.83. The normalized spacial score (nSPS) is 10.4. The Kier molecular flexibility index (Phi) is 7.84. The molecule has 200 valence electrons. The van der Waals surface area contributed by atoms with Crippen molar-refractivity contribution in [2.75, 3.05) is 5.32 Å². The number of carbonyl (C=O) groups excluding carboxylic acids is 2. The third-order valence-electron chi connectivity index (χ3n) is 6.63. The van der Waals surface area contributed by atoms with Crippen LogP contribution >= 0.6 is 0 Å². The number of nitrogens with one attached hydrogen (secondary N) is 1. The number of aromatic nitrogens is 1. The molecule has 1 heterocycles. The van der Waals surface area contributed by atoms with Gasteiger partial charge < -0.3 is 15.8 Å². The predicted octanol–water partition coefficient (Wildman–Crippen LogP) is 6.53. The van der Waals surface area contributed by atoms with Gasteiger partial charge in [0.05, 0.1) is 11.6 Å². The van der Waals surface area contributed by atoms with E-state index in [1.807, 2.05) is 49.4 Å². The number of hydrogen-bond donors (Lipinski definition) is 2. The number of pyridine rings is 1. The minimum atomic E-state index is -0.505. The van der Waals surface area contributed by atoms with Gasteiger partial charge in [-0.3, -0.25) is 14.6 Å². The second kappa shape index (κ2) is 12.0. The van der Waals surface area contributed by atoms with Gasteiger partial charge in [0, 0.05) is 34.8 Å². The lowest BCUT2D eigenvalue weighted by atomic mass is 9.90. The van der Waals surface area contributed by atoms with Crippen molar-refractivity contribution in [1.82, 2.24) is 4.98 Å². The van der Waals surface area contributed by atoms with Gasteiger partial charge in [-0.1, -0.05) is 36.4 Å². The summed E-state index contributed by atoms with van der Waals surface area (Å²) in [5, 5.41) is 12.4. The number of nitrogens with two attached hydrogens (primary N) is 1. The number of hydrogen-bond acceptors (Lipinski definition) is 5. The number of nitrogens with zero attached hydrogens (tertiary/aromatic N) is 2. The average Bonchev–Trinajstić information content (AvgIpc) is 3.01. The molecule has 0 aliphatic heterocycles. The van der Waals surface area contributed by atoms with Crippen LogP contribution in [0.3, 0.4) is 0 Å². The maximum Gasteiger partial charge on any atom is 0.256 e. The van der Waals surface area contributed by atoms with Crippen LogP contribution in [-0.4, -0.2) is 16.8 Å². The summed E-state index contributed by atoms with van der Waals surface area (Å²) in [5.74, 6) is -0.145. The zero-order valence-corrected chi connectivity index (χ0v) is 22.3. The van der Waals surface area contributed by atoms with Crippen LogP contribution in [0.4, 0.5) is 5.69 Å². The van der Waals surface area contributed by atoms with Crippen molar-refractivity contribution in [3.05, 3.63) is 137 Å². The van der Waals surface area contributed by atoms with Crippen LogP contribution in [0.2, 0.25) is 0 Å². The van der Waals surface area contributed by atoms with Crippen LogP contribution in [0.1, 0.15) is 37.4 Å². The van der Waals surface area contributed by atoms with Gasteiger partial charge in [0.1, 0.15) is 12.4 Å². The second-order valence-corrected chi connectivity index (χ2v) is 9.48. The fourth-order valence-corrected chi connectivity index (χ4v) is 4.50. The number of amides is 2. The number of benzene rings is 4. The first kappa shape index (κ1) is 26.9. The molecule has 5 aromatic rings. The average molecular weight is 539 g/mol. The molecular formula is C34H26N4O3. The highest BCUT2D eigenvalue weighted by atomic mass is 16.5. The monoisotopic (exact) mass is 538 g/mol. The third kappa shape index (κ3) is 6.29. The van der Waals surface area contributed by atoms with Crippen molar-refractivity contribution < 1.29 is 14.3 Å². The van der Waals surface area contributed by atoms with Gasteiger partial charge in [0.15, 0.2) is 0 Å². The molecule has 0 saturated heterocycles. The molecule has 5 rings (SSSR count). The number of rotatable bonds is 8. The summed E-state index contributed by atoms with van der Waals surface area (Å²) in [6.07, 6.45) is 3.46. The van der Waals surface area contributed by atoms with E-state index in [1.165, 1.54) is 0 Å². The molecule has 0 spiro atoms. The second-order valence-electron chi connectivity index (χ2n) is 9.48. The van der Waals surface area contributed by atoms with Crippen LogP contribution in [0.25, 0.3) is 22.3 Å². The largest absolute Gasteiger partial charge is 0.489 e. The maximum absolute atomic E-state index is 13.7. The molecule has 7 heteroatoms. The standard InChI is InChI=1S/C34H26N4O3/c1-22-16-31(27-6-2-4-23(17-27)19-35)32(18-30(22)25-7-9-26(10-8-25)33(36)39)34(40)38-28-11-13-29(14-12-28)41-21-24-5-3-15-37-20-24/h2-18,20H,21H2,1H3,(H2,36,39)(H,38,40). The molecule has 0 saturated carbocycles. The Labute approximate surface area is 237 Å². The van der Waals surface area contributed by atoms with Crippen LogP contribution in [-0.2, 0) is 6.61 Å². The van der Waals surface area contributed by atoms with E-state index in [4.69, 9.17) is 10.5 Å². The van der Waals surface area contributed by atoms with E-state index in [-0.39, 0.29) is 5.91 Å². The molecule has 0 aliphatic carbocycles. The number of ether oxygens (including phenoxy) is 1. The molecular weight excluding hydrogens is 512 g/mol. The van der Waals surface area contributed by atoms with Crippen LogP contribution in [0.5, 0.6) is 5.75 Å². The van der Waals surface area contributed by atoms with E-state index >= 15 is 0 Å². The molecule has 3 N–H and O–H groups in total. The van der Waals surface area contributed by atoms with Gasteiger partial charge in [-0.05, 0) is 95.4 Å². The van der Waals surface area contributed by atoms with Crippen LogP contribution in [0.15, 0.2) is 109 Å². The smallest absolute Gasteiger partial charge is 0.256 e. The Balaban J connectivity index is 1.46. The van der Waals surface area contributed by atoms with Gasteiger partial charge in [-0.15, -0.1) is 0 Å². The number of primary amides is 1. The van der Waals surface area contributed by atoms with Crippen molar-refractivity contribution in [3.8, 4) is 34.1 Å². The number of aryl methyl sites for hydroxylation is 1. The summed E-state index contributed by atoms with van der Waals surface area (Å²) >= 11 is 0. The van der Waals surface area contributed by atoms with E-state index in [1.54, 1.807) is 67.0 Å². The van der Waals surface area contributed by atoms with Gasteiger partial charge in [-0.25, -0.2) is 0 Å². The van der Waals surface area contributed by atoms with E-state index in [2.05, 4.69) is 16.4 Å². The highest BCUT2D eigenvalue weighted by molar-refractivity contribution is 6.10. The summed E-state index contributed by atoms with van der Waals surface area (Å²) in [5.41, 5.74) is 12.4. The SMILES string of the molecule is Cc1cc(-c2cccc(C#N)c2)c(C(=O)Nc2ccc(OCc3cccnc3)cc2)cc1-c1ccc(C(N)=O)cc1. The molecule has 41 heavy (non-hydrogen) atoms. The minimum Gasteiger partial charge on any atom is -0.489 e. The zero-order chi connectivity index (χ0) is 28.8. The first-order valence-corrected chi connectivity index (χ1v) is 12.9. The Morgan fingerprint density at radius 1 is 0.902 bits per heavy atom. The Morgan fingerprint density at radius 2 is 1.68 bits per heavy atom. The van der Waals surface area contributed by atoms with Crippen molar-refractivity contribution >= 4 is 17.5 Å². The summed E-state index contributed by atoms with van der Waals surface area (Å²) in [7, 11) is 0. The van der Waals surface area contributed by atoms with Crippen molar-refractivity contribution in [2.45, 2.75) is 13.5 Å². The number of nitriles is 1. The molecule has 0 fully saturated rings. The maximum atomic E-state index is 13.7. The van der Waals surface area contributed by atoms with E-state index in [9.17, 15) is 14.9 Å². The molecule has 4 aromatic carbocycles. The molecule has 7 nitrogen and oxygen atoms in total. The Morgan fingerprint density at radius 3 is 2.37 bits per heavy atom.